The summed E-state index contributed by atoms with van der Waals surface area (Å²) in [6, 6.07) is 7.08. The van der Waals surface area contributed by atoms with Gasteiger partial charge in [-0.2, -0.15) is 0 Å². The Kier molecular flexibility index (Phi) is 6.18. The summed E-state index contributed by atoms with van der Waals surface area (Å²) in [5, 5.41) is 17.6. The van der Waals surface area contributed by atoms with Crippen molar-refractivity contribution in [3.8, 4) is 5.75 Å². The molecule has 1 aromatic carbocycles. The lowest BCUT2D eigenvalue weighted by molar-refractivity contribution is -0.149. The molecule has 100 valence electrons. The molecule has 0 heterocycles. The third-order valence-corrected chi connectivity index (χ3v) is 2.35. The predicted octanol–water partition coefficient (Wildman–Crippen LogP) is 1.09. The van der Waals surface area contributed by atoms with Crippen molar-refractivity contribution in [1.82, 2.24) is 0 Å². The van der Waals surface area contributed by atoms with E-state index in [2.05, 4.69) is 0 Å². The molecule has 0 aliphatic rings. The van der Waals surface area contributed by atoms with Gasteiger partial charge in [-0.25, -0.2) is 4.79 Å². The summed E-state index contributed by atoms with van der Waals surface area (Å²) in [6.07, 6.45) is -0.497. The first kappa shape index (κ1) is 14.5. The number of hydrogen-bond donors (Lipinski definition) is 2. The molecule has 0 bridgehead atoms. The lowest BCUT2D eigenvalue weighted by Crippen LogP contribution is -2.26. The zero-order valence-electron chi connectivity index (χ0n) is 10.3. The molecule has 0 fully saturated rings. The fourth-order valence-corrected chi connectivity index (χ4v) is 1.52. The third-order valence-electron chi connectivity index (χ3n) is 2.35. The van der Waals surface area contributed by atoms with Crippen LogP contribution in [0.3, 0.4) is 0 Å². The molecule has 2 N–H and O–H groups in total. The molecule has 0 aliphatic carbocycles. The van der Waals surface area contributed by atoms with Crippen molar-refractivity contribution in [3.05, 3.63) is 29.8 Å². The Morgan fingerprint density at radius 2 is 2.00 bits per heavy atom. The molecule has 0 spiro atoms. The Morgan fingerprint density at radius 3 is 2.50 bits per heavy atom. The predicted molar refractivity (Wildman–Crippen MR) is 65.8 cm³/mol. The van der Waals surface area contributed by atoms with Crippen LogP contribution in [0.25, 0.3) is 0 Å². The first-order chi connectivity index (χ1) is 8.67. The van der Waals surface area contributed by atoms with E-state index in [-0.39, 0.29) is 13.2 Å². The van der Waals surface area contributed by atoms with Crippen molar-refractivity contribution in [2.75, 3.05) is 19.8 Å². The number of hydrogen-bond acceptors (Lipinski definition) is 4. The number of aliphatic hydroxyl groups is 1. The van der Waals surface area contributed by atoms with Crippen LogP contribution in [0.5, 0.6) is 5.75 Å². The van der Waals surface area contributed by atoms with Crippen molar-refractivity contribution in [2.24, 2.45) is 0 Å². The van der Waals surface area contributed by atoms with E-state index in [0.717, 1.165) is 5.56 Å². The average Bonchev–Trinajstić information content (AvgIpc) is 2.37. The van der Waals surface area contributed by atoms with Crippen molar-refractivity contribution >= 4 is 5.97 Å². The lowest BCUT2D eigenvalue weighted by atomic mass is 10.1. The van der Waals surface area contributed by atoms with E-state index in [1.165, 1.54) is 0 Å². The minimum Gasteiger partial charge on any atom is -0.491 e. The van der Waals surface area contributed by atoms with E-state index in [4.69, 9.17) is 19.7 Å². The number of ether oxygens (including phenoxy) is 2. The Balaban J connectivity index is 2.58. The quantitative estimate of drug-likeness (QED) is 0.726. The Hall–Kier alpha value is -1.59. The molecule has 0 aliphatic heterocycles. The fraction of sp³-hybridized carbons (Fsp3) is 0.462. The molecular formula is C13H18O5. The van der Waals surface area contributed by atoms with Gasteiger partial charge in [0.15, 0.2) is 6.10 Å². The molecule has 0 amide bonds. The summed E-state index contributed by atoms with van der Waals surface area (Å²) in [5.74, 6) is -0.312. The number of aliphatic carboxylic acids is 1. The first-order valence-corrected chi connectivity index (χ1v) is 5.84. The Morgan fingerprint density at radius 1 is 1.33 bits per heavy atom. The molecular weight excluding hydrogens is 236 g/mol. The zero-order chi connectivity index (χ0) is 13.4. The van der Waals surface area contributed by atoms with Gasteiger partial charge < -0.3 is 19.7 Å². The average molecular weight is 254 g/mol. The van der Waals surface area contributed by atoms with Crippen LogP contribution in [0.15, 0.2) is 24.3 Å². The Bertz CT molecular complexity index is 360. The second-order valence-corrected chi connectivity index (χ2v) is 3.70. The maximum atomic E-state index is 10.9. The number of rotatable bonds is 8. The number of benzene rings is 1. The second kappa shape index (κ2) is 7.68. The van der Waals surface area contributed by atoms with Gasteiger partial charge in [-0.1, -0.05) is 12.1 Å². The van der Waals surface area contributed by atoms with Gasteiger partial charge in [0.05, 0.1) is 6.61 Å². The maximum Gasteiger partial charge on any atom is 0.333 e. The minimum atomic E-state index is -0.961. The Labute approximate surface area is 106 Å². The van der Waals surface area contributed by atoms with E-state index in [1.807, 2.05) is 0 Å². The molecule has 0 saturated carbocycles. The summed E-state index contributed by atoms with van der Waals surface area (Å²) in [6.45, 7) is 2.35. The van der Waals surface area contributed by atoms with Crippen molar-refractivity contribution < 1.29 is 24.5 Å². The molecule has 1 aromatic rings. The van der Waals surface area contributed by atoms with Gasteiger partial charge in [0, 0.05) is 13.0 Å². The lowest BCUT2D eigenvalue weighted by Gasteiger charge is -2.12. The summed E-state index contributed by atoms with van der Waals surface area (Å²) in [4.78, 5) is 10.9. The van der Waals surface area contributed by atoms with E-state index >= 15 is 0 Å². The SMILES string of the molecule is CCO[C@@H](Cc1ccc(OCCO)cc1)C(=O)O. The van der Waals surface area contributed by atoms with Gasteiger partial charge in [-0.3, -0.25) is 0 Å². The molecule has 0 radical (unpaired) electrons. The molecule has 1 atom stereocenters. The summed E-state index contributed by atoms with van der Waals surface area (Å²) in [5.41, 5.74) is 0.868. The van der Waals surface area contributed by atoms with Crippen molar-refractivity contribution in [3.63, 3.8) is 0 Å². The van der Waals surface area contributed by atoms with Crippen LogP contribution in [0.4, 0.5) is 0 Å². The van der Waals surface area contributed by atoms with E-state index < -0.39 is 12.1 Å². The topological polar surface area (TPSA) is 76.0 Å². The van der Waals surface area contributed by atoms with Crippen LogP contribution in [0.1, 0.15) is 12.5 Å². The van der Waals surface area contributed by atoms with Crippen LogP contribution < -0.4 is 4.74 Å². The third kappa shape index (κ3) is 4.73. The largest absolute Gasteiger partial charge is 0.491 e. The molecule has 0 unspecified atom stereocenters. The number of aliphatic hydroxyl groups excluding tert-OH is 1. The summed E-state index contributed by atoms with van der Waals surface area (Å²) < 4.78 is 10.4. The number of carbonyl (C=O) groups is 1. The van der Waals surface area contributed by atoms with Gasteiger partial charge in [0.25, 0.3) is 0 Å². The molecule has 5 nitrogen and oxygen atoms in total. The zero-order valence-corrected chi connectivity index (χ0v) is 10.3. The van der Waals surface area contributed by atoms with Crippen LogP contribution in [-0.4, -0.2) is 42.1 Å². The monoisotopic (exact) mass is 254 g/mol. The molecule has 0 aromatic heterocycles. The fourth-order valence-electron chi connectivity index (χ4n) is 1.52. The van der Waals surface area contributed by atoms with Crippen LogP contribution in [0.2, 0.25) is 0 Å². The maximum absolute atomic E-state index is 10.9. The van der Waals surface area contributed by atoms with Crippen LogP contribution in [0, 0.1) is 0 Å². The highest BCUT2D eigenvalue weighted by Gasteiger charge is 2.17. The van der Waals surface area contributed by atoms with Crippen LogP contribution >= 0.6 is 0 Å². The standard InChI is InChI=1S/C13H18O5/c1-2-17-12(13(15)16)9-10-3-5-11(6-4-10)18-8-7-14/h3-6,12,14H,2,7-9H2,1H3,(H,15,16)/t12-/m0/s1. The molecule has 0 saturated heterocycles. The second-order valence-electron chi connectivity index (χ2n) is 3.70. The first-order valence-electron chi connectivity index (χ1n) is 5.84. The van der Waals surface area contributed by atoms with Crippen LogP contribution in [-0.2, 0) is 16.0 Å². The minimum absolute atomic E-state index is 0.0345. The van der Waals surface area contributed by atoms with Gasteiger partial charge in [-0.05, 0) is 24.6 Å². The highest BCUT2D eigenvalue weighted by atomic mass is 16.5. The molecule has 5 heteroatoms. The van der Waals surface area contributed by atoms with Crippen molar-refractivity contribution in [2.45, 2.75) is 19.4 Å². The number of carboxylic acids is 1. The summed E-state index contributed by atoms with van der Waals surface area (Å²) in [7, 11) is 0. The van der Waals surface area contributed by atoms with E-state index in [1.54, 1.807) is 31.2 Å². The van der Waals surface area contributed by atoms with Gasteiger partial charge in [0.2, 0.25) is 0 Å². The van der Waals surface area contributed by atoms with Gasteiger partial charge >= 0.3 is 5.97 Å². The summed E-state index contributed by atoms with van der Waals surface area (Å²) >= 11 is 0. The van der Waals surface area contributed by atoms with E-state index in [9.17, 15) is 4.79 Å². The normalized spacial score (nSPS) is 12.1. The van der Waals surface area contributed by atoms with E-state index in [0.29, 0.717) is 18.8 Å². The van der Waals surface area contributed by atoms with Crippen molar-refractivity contribution in [1.29, 1.82) is 0 Å². The molecule has 1 rings (SSSR count). The van der Waals surface area contributed by atoms with Gasteiger partial charge in [-0.15, -0.1) is 0 Å². The van der Waals surface area contributed by atoms with Gasteiger partial charge in [0.1, 0.15) is 12.4 Å². The molecule has 18 heavy (non-hydrogen) atoms. The highest BCUT2D eigenvalue weighted by molar-refractivity contribution is 5.72. The number of carboxylic acid groups (broad SMARTS) is 1. The highest BCUT2D eigenvalue weighted by Crippen LogP contribution is 2.14. The smallest absolute Gasteiger partial charge is 0.333 e.